The maximum atomic E-state index is 12.8. The molecule has 0 bridgehead atoms. The number of esters is 1. The Kier molecular flexibility index (Phi) is 7.01. The fourth-order valence-electron chi connectivity index (χ4n) is 3.91. The first-order valence-electron chi connectivity index (χ1n) is 10.9. The van der Waals surface area contributed by atoms with Gasteiger partial charge >= 0.3 is 5.97 Å². The number of piperazine rings is 1. The minimum Gasteiger partial charge on any atom is -0.497 e. The van der Waals surface area contributed by atoms with Gasteiger partial charge in [-0.2, -0.15) is 4.98 Å². The van der Waals surface area contributed by atoms with Crippen molar-refractivity contribution in [1.29, 1.82) is 0 Å². The van der Waals surface area contributed by atoms with E-state index in [0.29, 0.717) is 47.0 Å². The Bertz CT molecular complexity index is 1180. The fourth-order valence-corrected chi connectivity index (χ4v) is 4.82. The van der Waals surface area contributed by atoms with Crippen LogP contribution >= 0.6 is 11.3 Å². The first kappa shape index (κ1) is 23.6. The van der Waals surface area contributed by atoms with Crippen molar-refractivity contribution in [3.63, 3.8) is 0 Å². The summed E-state index contributed by atoms with van der Waals surface area (Å²) in [7, 11) is 1.59. The second-order valence-electron chi connectivity index (χ2n) is 7.80. The Hall–Kier alpha value is -3.60. The first-order chi connectivity index (χ1) is 16.4. The van der Waals surface area contributed by atoms with Gasteiger partial charge in [-0.3, -0.25) is 4.79 Å². The number of anilines is 2. The standard InChI is InChI=1S/C23H27N5O5S/c1-4-32-22(30)17-13-34-21-19(17)20(25-23(24)26-21)28-10-9-27(11-14(28)2)18(29)12-33-16-7-5-15(31-3)6-8-16/h5-8,13-14H,4,9-12H2,1-3H3,(H2,24,25,26). The van der Waals surface area contributed by atoms with Gasteiger partial charge in [0.2, 0.25) is 5.95 Å². The summed E-state index contributed by atoms with van der Waals surface area (Å²) in [5.74, 6) is 1.53. The third-order valence-corrected chi connectivity index (χ3v) is 6.47. The van der Waals surface area contributed by atoms with Crippen molar-refractivity contribution in [1.82, 2.24) is 14.9 Å². The van der Waals surface area contributed by atoms with E-state index < -0.39 is 5.97 Å². The Balaban J connectivity index is 1.47. The number of hydrogen-bond donors (Lipinski definition) is 1. The number of amides is 1. The lowest BCUT2D eigenvalue weighted by atomic mass is 10.1. The third-order valence-electron chi connectivity index (χ3n) is 5.60. The summed E-state index contributed by atoms with van der Waals surface area (Å²) in [5, 5.41) is 2.36. The smallest absolute Gasteiger partial charge is 0.339 e. The summed E-state index contributed by atoms with van der Waals surface area (Å²) >= 11 is 1.33. The van der Waals surface area contributed by atoms with Crippen molar-refractivity contribution in [3.05, 3.63) is 35.2 Å². The van der Waals surface area contributed by atoms with Gasteiger partial charge in [0.25, 0.3) is 5.91 Å². The molecule has 10 nitrogen and oxygen atoms in total. The van der Waals surface area contributed by atoms with Crippen LogP contribution in [0.2, 0.25) is 0 Å². The van der Waals surface area contributed by atoms with Gasteiger partial charge in [0.1, 0.15) is 22.1 Å². The molecule has 4 rings (SSSR count). The number of methoxy groups -OCH3 is 1. The van der Waals surface area contributed by atoms with Gasteiger partial charge in [-0.15, -0.1) is 11.3 Å². The van der Waals surface area contributed by atoms with E-state index in [0.717, 1.165) is 5.75 Å². The normalized spacial score (nSPS) is 15.9. The maximum Gasteiger partial charge on any atom is 0.339 e. The predicted octanol–water partition coefficient (Wildman–Crippen LogP) is 2.57. The van der Waals surface area contributed by atoms with Gasteiger partial charge in [-0.1, -0.05) is 0 Å². The molecule has 1 saturated heterocycles. The largest absolute Gasteiger partial charge is 0.497 e. The highest BCUT2D eigenvalue weighted by Crippen LogP contribution is 2.34. The van der Waals surface area contributed by atoms with E-state index in [9.17, 15) is 9.59 Å². The number of hydrogen-bond acceptors (Lipinski definition) is 10. The molecule has 1 fully saturated rings. The van der Waals surface area contributed by atoms with Crippen molar-refractivity contribution in [2.45, 2.75) is 19.9 Å². The molecule has 0 aliphatic carbocycles. The number of aromatic nitrogens is 2. The topological polar surface area (TPSA) is 120 Å². The average molecular weight is 486 g/mol. The van der Waals surface area contributed by atoms with Gasteiger partial charge in [-0.25, -0.2) is 9.78 Å². The maximum absolute atomic E-state index is 12.8. The molecule has 3 aromatic rings. The van der Waals surface area contributed by atoms with E-state index in [1.807, 2.05) is 6.92 Å². The number of ether oxygens (including phenoxy) is 3. The Labute approximate surface area is 201 Å². The lowest BCUT2D eigenvalue weighted by Crippen LogP contribution is -2.55. The molecule has 3 heterocycles. The number of carbonyl (C=O) groups is 2. The van der Waals surface area contributed by atoms with Crippen LogP contribution < -0.4 is 20.1 Å². The first-order valence-corrected chi connectivity index (χ1v) is 11.8. The van der Waals surface area contributed by atoms with Gasteiger partial charge in [0, 0.05) is 31.1 Å². The second kappa shape index (κ2) is 10.1. The molecule has 0 radical (unpaired) electrons. The van der Waals surface area contributed by atoms with Crippen LogP contribution in [0.5, 0.6) is 11.5 Å². The number of thiophene rings is 1. The van der Waals surface area contributed by atoms with Crippen LogP contribution in [0.1, 0.15) is 24.2 Å². The molecule has 11 heteroatoms. The molecule has 1 aromatic carbocycles. The molecule has 1 aliphatic rings. The van der Waals surface area contributed by atoms with E-state index in [-0.39, 0.29) is 31.1 Å². The number of rotatable bonds is 7. The van der Waals surface area contributed by atoms with Crippen LogP contribution in [0.3, 0.4) is 0 Å². The van der Waals surface area contributed by atoms with Crippen LogP contribution in [0.4, 0.5) is 11.8 Å². The number of carbonyl (C=O) groups excluding carboxylic acids is 2. The van der Waals surface area contributed by atoms with Crippen molar-refractivity contribution in [2.75, 3.05) is 50.6 Å². The minimum atomic E-state index is -0.416. The Morgan fingerprint density at radius 3 is 2.59 bits per heavy atom. The van der Waals surface area contributed by atoms with E-state index in [1.54, 1.807) is 48.6 Å². The molecule has 1 amide bonds. The molecule has 180 valence electrons. The monoisotopic (exact) mass is 485 g/mol. The Morgan fingerprint density at radius 2 is 1.91 bits per heavy atom. The number of fused-ring (bicyclic) bond motifs is 1. The Morgan fingerprint density at radius 1 is 1.18 bits per heavy atom. The molecule has 34 heavy (non-hydrogen) atoms. The predicted molar refractivity (Wildman–Crippen MR) is 130 cm³/mol. The third kappa shape index (κ3) is 4.84. The number of nitrogens with two attached hydrogens (primary N) is 1. The van der Waals surface area contributed by atoms with Crippen LogP contribution in [-0.4, -0.2) is 72.7 Å². The highest BCUT2D eigenvalue weighted by Gasteiger charge is 2.31. The van der Waals surface area contributed by atoms with Gasteiger partial charge in [-0.05, 0) is 38.1 Å². The molecule has 2 aromatic heterocycles. The summed E-state index contributed by atoms with van der Waals surface area (Å²) in [5.41, 5.74) is 6.39. The van der Waals surface area contributed by atoms with Crippen molar-refractivity contribution in [2.24, 2.45) is 0 Å². The molecule has 1 atom stereocenters. The van der Waals surface area contributed by atoms with Gasteiger partial charge in [0.05, 0.1) is 24.7 Å². The van der Waals surface area contributed by atoms with E-state index in [4.69, 9.17) is 19.9 Å². The van der Waals surface area contributed by atoms with Crippen molar-refractivity contribution < 1.29 is 23.8 Å². The summed E-state index contributed by atoms with van der Waals surface area (Å²) in [4.78, 5) is 38.5. The molecule has 2 N–H and O–H groups in total. The zero-order chi connectivity index (χ0) is 24.2. The summed E-state index contributed by atoms with van der Waals surface area (Å²) < 4.78 is 16.0. The zero-order valence-electron chi connectivity index (χ0n) is 19.3. The average Bonchev–Trinajstić information content (AvgIpc) is 3.26. The highest BCUT2D eigenvalue weighted by molar-refractivity contribution is 7.17. The van der Waals surface area contributed by atoms with E-state index in [2.05, 4.69) is 14.9 Å². The van der Waals surface area contributed by atoms with Gasteiger partial charge in [0.15, 0.2) is 6.61 Å². The van der Waals surface area contributed by atoms with Crippen LogP contribution in [-0.2, 0) is 9.53 Å². The number of benzene rings is 1. The van der Waals surface area contributed by atoms with Crippen LogP contribution in [0.25, 0.3) is 10.2 Å². The fraction of sp³-hybridized carbons (Fsp3) is 0.391. The summed E-state index contributed by atoms with van der Waals surface area (Å²) in [6.07, 6.45) is 0. The SMILES string of the molecule is CCOC(=O)c1csc2nc(N)nc(N3CCN(C(=O)COc4ccc(OC)cc4)CC3C)c12. The van der Waals surface area contributed by atoms with Crippen LogP contribution in [0.15, 0.2) is 29.6 Å². The van der Waals surface area contributed by atoms with Gasteiger partial charge < -0.3 is 29.7 Å². The molecule has 1 aliphatic heterocycles. The quantitative estimate of drug-likeness (QED) is 0.503. The summed E-state index contributed by atoms with van der Waals surface area (Å²) in [6, 6.07) is 7.03. The zero-order valence-corrected chi connectivity index (χ0v) is 20.1. The minimum absolute atomic E-state index is 0.0543. The molecule has 1 unspecified atom stereocenters. The molecule has 0 spiro atoms. The van der Waals surface area contributed by atoms with Crippen molar-refractivity contribution in [3.8, 4) is 11.5 Å². The van der Waals surface area contributed by atoms with Crippen molar-refractivity contribution >= 4 is 45.2 Å². The lowest BCUT2D eigenvalue weighted by molar-refractivity contribution is -0.134. The van der Waals surface area contributed by atoms with E-state index >= 15 is 0 Å². The lowest BCUT2D eigenvalue weighted by Gasteiger charge is -2.40. The number of nitrogens with zero attached hydrogens (tertiary/aromatic N) is 4. The molecular formula is C23H27N5O5S. The second-order valence-corrected chi connectivity index (χ2v) is 8.66. The van der Waals surface area contributed by atoms with Crippen LogP contribution in [0, 0.1) is 0 Å². The molecular weight excluding hydrogens is 458 g/mol. The summed E-state index contributed by atoms with van der Waals surface area (Å²) in [6.45, 7) is 5.48. The molecule has 0 saturated carbocycles. The van der Waals surface area contributed by atoms with E-state index in [1.165, 1.54) is 11.3 Å². The highest BCUT2D eigenvalue weighted by atomic mass is 32.1. The number of nitrogen functional groups attached to an aromatic ring is 1.